The van der Waals surface area contributed by atoms with Crippen molar-refractivity contribution in [2.24, 2.45) is 5.41 Å². The first-order valence-corrected chi connectivity index (χ1v) is 11.5. The van der Waals surface area contributed by atoms with Crippen molar-refractivity contribution in [3.05, 3.63) is 56.5 Å². The number of aromatic nitrogens is 2. The average molecular weight is 490 g/mol. The third kappa shape index (κ3) is 3.51. The van der Waals surface area contributed by atoms with Crippen LogP contribution in [0.4, 0.5) is 0 Å². The number of esters is 1. The van der Waals surface area contributed by atoms with Gasteiger partial charge in [0, 0.05) is 23.5 Å². The van der Waals surface area contributed by atoms with Crippen LogP contribution in [0.1, 0.15) is 51.4 Å². The number of rotatable bonds is 2. The number of fused-ring (bicyclic) bond motifs is 1. The highest BCUT2D eigenvalue weighted by molar-refractivity contribution is 8.01. The van der Waals surface area contributed by atoms with Crippen molar-refractivity contribution >= 4 is 61.3 Å². The second-order valence-electron chi connectivity index (χ2n) is 8.30. The Kier molecular flexibility index (Phi) is 5.74. The number of carbonyl (C=O) groups is 1. The maximum atomic E-state index is 13.8. The molecule has 0 unspecified atom stereocenters. The van der Waals surface area contributed by atoms with Gasteiger partial charge in [-0.1, -0.05) is 40.9 Å². The van der Waals surface area contributed by atoms with E-state index in [0.29, 0.717) is 5.56 Å². The average Bonchev–Trinajstić information content (AvgIpc) is 2.64. The van der Waals surface area contributed by atoms with Crippen LogP contribution in [0.3, 0.4) is 0 Å². The zero-order chi connectivity index (χ0) is 22.6. The van der Waals surface area contributed by atoms with Crippen LogP contribution in [0.2, 0.25) is 15.2 Å². The van der Waals surface area contributed by atoms with Crippen LogP contribution in [0.25, 0.3) is 10.7 Å². The number of halogens is 3. The van der Waals surface area contributed by atoms with E-state index < -0.39 is 26.0 Å². The summed E-state index contributed by atoms with van der Waals surface area (Å²) in [6, 6.07) is 3.25. The van der Waals surface area contributed by atoms with Crippen LogP contribution >= 0.6 is 34.8 Å². The number of hydrogen-bond acceptors (Lipinski definition) is 6. The SMILES string of the molecule is CC(C)(C)C(=O)OC1=C(c2c(Cl)cnc(Cl)c2Cl)S(=O)(=O)C(C)(C)c2cccnc21. The fourth-order valence-corrected chi connectivity index (χ4v) is 5.55. The molecular formula is C20H19Cl3N2O4S. The summed E-state index contributed by atoms with van der Waals surface area (Å²) in [6.45, 7) is 8.03. The first-order valence-electron chi connectivity index (χ1n) is 8.88. The molecule has 10 heteroatoms. The van der Waals surface area contributed by atoms with Crippen molar-refractivity contribution < 1.29 is 17.9 Å². The van der Waals surface area contributed by atoms with Gasteiger partial charge in [0.25, 0.3) is 0 Å². The summed E-state index contributed by atoms with van der Waals surface area (Å²) in [5, 5.41) is -0.352. The van der Waals surface area contributed by atoms with E-state index in [1.165, 1.54) is 26.2 Å². The Bertz CT molecular complexity index is 1200. The Balaban J connectivity index is 2.51. The minimum Gasteiger partial charge on any atom is -0.422 e. The van der Waals surface area contributed by atoms with Gasteiger partial charge >= 0.3 is 5.97 Å². The van der Waals surface area contributed by atoms with Gasteiger partial charge in [0.05, 0.1) is 20.2 Å². The van der Waals surface area contributed by atoms with E-state index in [4.69, 9.17) is 39.5 Å². The molecule has 2 aromatic heterocycles. The highest BCUT2D eigenvalue weighted by atomic mass is 35.5. The predicted octanol–water partition coefficient (Wildman–Crippen LogP) is 5.52. The maximum Gasteiger partial charge on any atom is 0.316 e. The number of ether oxygens (including phenoxy) is 1. The van der Waals surface area contributed by atoms with Crippen LogP contribution in [0.15, 0.2) is 24.5 Å². The van der Waals surface area contributed by atoms with Gasteiger partial charge in [-0.2, -0.15) is 0 Å². The van der Waals surface area contributed by atoms with E-state index in [1.54, 1.807) is 32.9 Å². The molecule has 0 bridgehead atoms. The topological polar surface area (TPSA) is 86.2 Å². The molecule has 0 aliphatic carbocycles. The zero-order valence-corrected chi connectivity index (χ0v) is 20.0. The summed E-state index contributed by atoms with van der Waals surface area (Å²) < 4.78 is 31.8. The molecule has 160 valence electrons. The van der Waals surface area contributed by atoms with E-state index in [9.17, 15) is 13.2 Å². The number of hydrogen-bond donors (Lipinski definition) is 0. The molecule has 0 spiro atoms. The van der Waals surface area contributed by atoms with Crippen LogP contribution in [0.5, 0.6) is 0 Å². The van der Waals surface area contributed by atoms with Crippen molar-refractivity contribution in [2.45, 2.75) is 39.4 Å². The molecule has 6 nitrogen and oxygen atoms in total. The summed E-state index contributed by atoms with van der Waals surface area (Å²) in [4.78, 5) is 20.6. The first-order chi connectivity index (χ1) is 13.7. The Morgan fingerprint density at radius 1 is 1.13 bits per heavy atom. The standard InChI is InChI=1S/C20H19Cl3N2O4S/c1-19(2,3)18(26)29-15-14-10(7-6-8-24-14)20(4,5)30(27,28)16(15)12-11(21)9-25-17(23)13(12)22/h6-9H,1-5H3. The fourth-order valence-electron chi connectivity index (χ4n) is 2.94. The molecule has 0 atom stereocenters. The van der Waals surface area contributed by atoms with Crippen LogP contribution < -0.4 is 0 Å². The quantitative estimate of drug-likeness (QED) is 0.408. The lowest BCUT2D eigenvalue weighted by Crippen LogP contribution is -2.36. The molecule has 0 radical (unpaired) electrons. The Labute approximate surface area is 190 Å². The van der Waals surface area contributed by atoms with Crippen molar-refractivity contribution in [1.29, 1.82) is 0 Å². The highest BCUT2D eigenvalue weighted by Crippen LogP contribution is 2.52. The summed E-state index contributed by atoms with van der Waals surface area (Å²) in [6.07, 6.45) is 2.68. The molecule has 0 fully saturated rings. The van der Waals surface area contributed by atoms with E-state index in [0.717, 1.165) is 0 Å². The van der Waals surface area contributed by atoms with Crippen LogP contribution in [0, 0.1) is 5.41 Å². The minimum absolute atomic E-state index is 0.0533. The lowest BCUT2D eigenvalue weighted by Gasteiger charge is -2.34. The minimum atomic E-state index is -4.16. The molecule has 3 rings (SSSR count). The molecule has 30 heavy (non-hydrogen) atoms. The van der Waals surface area contributed by atoms with E-state index >= 15 is 0 Å². The largest absolute Gasteiger partial charge is 0.422 e. The van der Waals surface area contributed by atoms with Gasteiger partial charge < -0.3 is 4.74 Å². The highest BCUT2D eigenvalue weighted by Gasteiger charge is 2.50. The van der Waals surface area contributed by atoms with Crippen molar-refractivity contribution in [3.63, 3.8) is 0 Å². The lowest BCUT2D eigenvalue weighted by atomic mass is 9.96. The van der Waals surface area contributed by atoms with Crippen LogP contribution in [-0.2, 0) is 24.1 Å². The molecule has 1 aliphatic rings. The van der Waals surface area contributed by atoms with Gasteiger partial charge in [-0.25, -0.2) is 13.4 Å². The van der Waals surface area contributed by atoms with Crippen molar-refractivity contribution in [3.8, 4) is 0 Å². The summed E-state index contributed by atoms with van der Waals surface area (Å²) >= 11 is 18.7. The van der Waals surface area contributed by atoms with Crippen molar-refractivity contribution in [2.75, 3.05) is 0 Å². The Hall–Kier alpha value is -1.67. The molecule has 0 N–H and O–H groups in total. The Morgan fingerprint density at radius 2 is 1.77 bits per heavy atom. The number of sulfone groups is 1. The monoisotopic (exact) mass is 488 g/mol. The number of pyridine rings is 2. The third-order valence-electron chi connectivity index (χ3n) is 4.78. The fraction of sp³-hybridized carbons (Fsp3) is 0.350. The molecule has 0 saturated carbocycles. The summed E-state index contributed by atoms with van der Waals surface area (Å²) in [5.74, 6) is -0.884. The van der Waals surface area contributed by atoms with E-state index in [1.807, 2.05) is 0 Å². The van der Waals surface area contributed by atoms with Gasteiger partial charge in [0.1, 0.15) is 15.8 Å². The first kappa shape index (κ1) is 23.0. The van der Waals surface area contributed by atoms with Gasteiger partial charge in [0.15, 0.2) is 15.6 Å². The molecule has 3 heterocycles. The zero-order valence-electron chi connectivity index (χ0n) is 16.9. The summed E-state index contributed by atoms with van der Waals surface area (Å²) in [7, 11) is -4.16. The molecule has 0 aromatic carbocycles. The van der Waals surface area contributed by atoms with Gasteiger partial charge in [-0.3, -0.25) is 9.78 Å². The number of carbonyl (C=O) groups excluding carboxylic acids is 1. The summed E-state index contributed by atoms with van der Waals surface area (Å²) in [5.41, 5.74) is -0.393. The third-order valence-corrected chi connectivity index (χ3v) is 8.31. The molecule has 0 saturated heterocycles. The molecular weight excluding hydrogens is 471 g/mol. The molecule has 2 aromatic rings. The van der Waals surface area contributed by atoms with E-state index in [-0.39, 0.29) is 37.1 Å². The number of nitrogens with zero attached hydrogens (tertiary/aromatic N) is 2. The Morgan fingerprint density at radius 3 is 2.37 bits per heavy atom. The maximum absolute atomic E-state index is 13.8. The molecule has 1 aliphatic heterocycles. The smallest absolute Gasteiger partial charge is 0.316 e. The lowest BCUT2D eigenvalue weighted by molar-refractivity contribution is -0.145. The van der Waals surface area contributed by atoms with Gasteiger partial charge in [0.2, 0.25) is 0 Å². The normalized spacial score (nSPS) is 17.5. The molecule has 0 amide bonds. The van der Waals surface area contributed by atoms with Crippen LogP contribution in [-0.4, -0.2) is 24.4 Å². The predicted molar refractivity (Wildman–Crippen MR) is 118 cm³/mol. The second-order valence-corrected chi connectivity index (χ2v) is 11.9. The van der Waals surface area contributed by atoms with Gasteiger partial charge in [-0.15, -0.1) is 0 Å². The second kappa shape index (κ2) is 7.48. The van der Waals surface area contributed by atoms with Crippen molar-refractivity contribution in [1.82, 2.24) is 9.97 Å². The van der Waals surface area contributed by atoms with Gasteiger partial charge in [-0.05, 0) is 40.7 Å². The van der Waals surface area contributed by atoms with E-state index in [2.05, 4.69) is 9.97 Å².